The molecule has 2 nitrogen and oxygen atoms in total. The maximum absolute atomic E-state index is 12.3. The molecule has 0 spiro atoms. The molecule has 0 fully saturated rings. The molecule has 98 valence electrons. The molecule has 0 aliphatic heterocycles. The zero-order valence-electron chi connectivity index (χ0n) is 10.7. The van der Waals surface area contributed by atoms with Crippen LogP contribution in [0.15, 0.2) is 71.1 Å². The number of allylic oxidation sites excluding steroid dienone is 1. The predicted molar refractivity (Wildman–Crippen MR) is 80.4 cm³/mol. The summed E-state index contributed by atoms with van der Waals surface area (Å²) in [4.78, 5) is 25.5. The van der Waals surface area contributed by atoms with Crippen molar-refractivity contribution in [2.24, 2.45) is 0 Å². The van der Waals surface area contributed by atoms with Crippen molar-refractivity contribution < 1.29 is 9.59 Å². The molecule has 0 saturated heterocycles. The molecule has 0 amide bonds. The maximum Gasteiger partial charge on any atom is 0.190 e. The number of hydrogen-bond acceptors (Lipinski definition) is 3. The summed E-state index contributed by atoms with van der Waals surface area (Å²) in [6, 6.07) is 16.8. The van der Waals surface area contributed by atoms with E-state index >= 15 is 0 Å². The molecule has 3 rings (SSSR count). The first-order valence-electron chi connectivity index (χ1n) is 6.32. The van der Waals surface area contributed by atoms with Crippen LogP contribution in [0.2, 0.25) is 0 Å². The lowest BCUT2D eigenvalue weighted by Crippen LogP contribution is -2.17. The van der Waals surface area contributed by atoms with Crippen LogP contribution in [0.4, 0.5) is 0 Å². The van der Waals surface area contributed by atoms with E-state index in [2.05, 4.69) is 0 Å². The van der Waals surface area contributed by atoms with Crippen LogP contribution < -0.4 is 0 Å². The maximum atomic E-state index is 12.3. The summed E-state index contributed by atoms with van der Waals surface area (Å²) < 4.78 is 0. The highest BCUT2D eigenvalue weighted by Crippen LogP contribution is 2.26. The van der Waals surface area contributed by atoms with E-state index in [9.17, 15) is 9.59 Å². The van der Waals surface area contributed by atoms with Crippen molar-refractivity contribution in [1.82, 2.24) is 0 Å². The Morgan fingerprint density at radius 1 is 0.800 bits per heavy atom. The quantitative estimate of drug-likeness (QED) is 0.802. The standard InChI is InChI=1S/C17H12O2S/c18-16-10-12(11-20-13-6-2-1-3-7-13)17(19)15-9-5-4-8-14(15)16/h1-10H,11H2. The van der Waals surface area contributed by atoms with E-state index in [-0.39, 0.29) is 11.6 Å². The fourth-order valence-corrected chi connectivity index (χ4v) is 3.04. The number of carbonyl (C=O) groups excluding carboxylic acids is 2. The summed E-state index contributed by atoms with van der Waals surface area (Å²) in [5.41, 5.74) is 1.59. The van der Waals surface area contributed by atoms with Gasteiger partial charge in [0.2, 0.25) is 0 Å². The SMILES string of the molecule is O=C1C=C(CSc2ccccc2)C(=O)c2ccccc21. The minimum absolute atomic E-state index is 0.0383. The molecule has 0 aromatic heterocycles. The summed E-state index contributed by atoms with van der Waals surface area (Å²) in [6.45, 7) is 0. The highest BCUT2D eigenvalue weighted by atomic mass is 32.2. The molecule has 20 heavy (non-hydrogen) atoms. The second-order valence-corrected chi connectivity index (χ2v) is 5.56. The minimum Gasteiger partial charge on any atom is -0.289 e. The van der Waals surface area contributed by atoms with Gasteiger partial charge in [-0.1, -0.05) is 42.5 Å². The van der Waals surface area contributed by atoms with Crippen LogP contribution in [0, 0.1) is 0 Å². The average Bonchev–Trinajstić information content (AvgIpc) is 2.50. The fraction of sp³-hybridized carbons (Fsp3) is 0.0588. The van der Waals surface area contributed by atoms with E-state index in [1.807, 2.05) is 30.3 Å². The van der Waals surface area contributed by atoms with Crippen LogP contribution in [-0.4, -0.2) is 17.3 Å². The summed E-state index contributed by atoms with van der Waals surface area (Å²) in [6.07, 6.45) is 1.47. The lowest BCUT2D eigenvalue weighted by molar-refractivity contribution is 0.0985. The first-order chi connectivity index (χ1) is 9.75. The van der Waals surface area contributed by atoms with E-state index in [0.717, 1.165) is 4.90 Å². The molecule has 0 radical (unpaired) electrons. The van der Waals surface area contributed by atoms with Crippen molar-refractivity contribution >= 4 is 23.3 Å². The highest BCUT2D eigenvalue weighted by molar-refractivity contribution is 7.99. The molecule has 3 heteroatoms. The van der Waals surface area contributed by atoms with Gasteiger partial charge >= 0.3 is 0 Å². The third-order valence-corrected chi connectivity index (χ3v) is 4.23. The van der Waals surface area contributed by atoms with Gasteiger partial charge in [-0.15, -0.1) is 11.8 Å². The van der Waals surface area contributed by atoms with Crippen LogP contribution in [-0.2, 0) is 0 Å². The van der Waals surface area contributed by atoms with Crippen LogP contribution in [0.1, 0.15) is 20.7 Å². The third-order valence-electron chi connectivity index (χ3n) is 3.17. The summed E-state index contributed by atoms with van der Waals surface area (Å²) in [5, 5.41) is 0. The summed E-state index contributed by atoms with van der Waals surface area (Å²) in [7, 11) is 0. The molecule has 1 aliphatic rings. The van der Waals surface area contributed by atoms with Crippen molar-refractivity contribution in [3.63, 3.8) is 0 Å². The molecular weight excluding hydrogens is 268 g/mol. The zero-order chi connectivity index (χ0) is 13.9. The molecule has 2 aromatic carbocycles. The van der Waals surface area contributed by atoms with Crippen molar-refractivity contribution in [2.75, 3.05) is 5.75 Å². The average molecular weight is 280 g/mol. The number of Topliss-reactive ketones (excluding diaryl/α,β-unsaturated/α-hetero) is 1. The van der Waals surface area contributed by atoms with Gasteiger partial charge in [-0.05, 0) is 18.2 Å². The largest absolute Gasteiger partial charge is 0.289 e. The second-order valence-electron chi connectivity index (χ2n) is 4.51. The van der Waals surface area contributed by atoms with Gasteiger partial charge in [0.25, 0.3) is 0 Å². The Bertz CT molecular complexity index is 702. The molecule has 0 atom stereocenters. The Hall–Kier alpha value is -2.13. The monoisotopic (exact) mass is 280 g/mol. The molecule has 0 bridgehead atoms. The van der Waals surface area contributed by atoms with Gasteiger partial charge in [0.05, 0.1) is 0 Å². The Labute approximate surface area is 121 Å². The number of carbonyl (C=O) groups is 2. The van der Waals surface area contributed by atoms with Crippen LogP contribution in [0.25, 0.3) is 0 Å². The Balaban J connectivity index is 1.82. The Morgan fingerprint density at radius 2 is 1.45 bits per heavy atom. The van der Waals surface area contributed by atoms with Crippen LogP contribution >= 0.6 is 11.8 Å². The van der Waals surface area contributed by atoms with Gasteiger partial charge in [0.15, 0.2) is 11.6 Å². The number of ketones is 2. The van der Waals surface area contributed by atoms with Gasteiger partial charge in [0, 0.05) is 27.3 Å². The normalized spacial score (nSPS) is 13.9. The molecular formula is C17H12O2S. The minimum atomic E-state index is -0.0798. The molecule has 0 saturated carbocycles. The van der Waals surface area contributed by atoms with E-state index in [4.69, 9.17) is 0 Å². The van der Waals surface area contributed by atoms with E-state index in [1.54, 1.807) is 36.0 Å². The van der Waals surface area contributed by atoms with Crippen molar-refractivity contribution in [1.29, 1.82) is 0 Å². The molecule has 0 N–H and O–H groups in total. The molecule has 0 heterocycles. The lowest BCUT2D eigenvalue weighted by atomic mass is 9.90. The lowest BCUT2D eigenvalue weighted by Gasteiger charge is -2.14. The molecule has 0 unspecified atom stereocenters. The van der Waals surface area contributed by atoms with Gasteiger partial charge in [0.1, 0.15) is 0 Å². The van der Waals surface area contributed by atoms with E-state index in [0.29, 0.717) is 22.5 Å². The number of rotatable bonds is 3. The van der Waals surface area contributed by atoms with E-state index < -0.39 is 0 Å². The Kier molecular flexibility index (Phi) is 3.52. The van der Waals surface area contributed by atoms with Gasteiger partial charge in [-0.2, -0.15) is 0 Å². The van der Waals surface area contributed by atoms with Crippen molar-refractivity contribution in [3.8, 4) is 0 Å². The smallest absolute Gasteiger partial charge is 0.190 e. The first kappa shape index (κ1) is 12.9. The third kappa shape index (κ3) is 2.45. The number of hydrogen-bond donors (Lipinski definition) is 0. The number of fused-ring (bicyclic) bond motifs is 1. The number of benzene rings is 2. The molecule has 2 aromatic rings. The van der Waals surface area contributed by atoms with Crippen molar-refractivity contribution in [3.05, 3.63) is 77.4 Å². The van der Waals surface area contributed by atoms with Crippen molar-refractivity contribution in [2.45, 2.75) is 4.90 Å². The van der Waals surface area contributed by atoms with Gasteiger partial charge in [-0.25, -0.2) is 0 Å². The van der Waals surface area contributed by atoms with Gasteiger partial charge in [-0.3, -0.25) is 9.59 Å². The topological polar surface area (TPSA) is 34.1 Å². The zero-order valence-corrected chi connectivity index (χ0v) is 11.5. The van der Waals surface area contributed by atoms with Crippen LogP contribution in [0.3, 0.4) is 0 Å². The highest BCUT2D eigenvalue weighted by Gasteiger charge is 2.24. The summed E-state index contributed by atoms with van der Waals surface area (Å²) in [5.74, 6) is 0.399. The predicted octanol–water partition coefficient (Wildman–Crippen LogP) is 3.78. The van der Waals surface area contributed by atoms with Crippen LogP contribution in [0.5, 0.6) is 0 Å². The summed E-state index contributed by atoms with van der Waals surface area (Å²) >= 11 is 1.57. The Morgan fingerprint density at radius 3 is 2.20 bits per heavy atom. The van der Waals surface area contributed by atoms with Gasteiger partial charge < -0.3 is 0 Å². The first-order valence-corrected chi connectivity index (χ1v) is 7.31. The molecule has 1 aliphatic carbocycles. The fourth-order valence-electron chi connectivity index (χ4n) is 2.16. The number of thioether (sulfide) groups is 1. The second kappa shape index (κ2) is 5.47. The van der Waals surface area contributed by atoms with E-state index in [1.165, 1.54) is 6.08 Å².